The molecule has 0 heterocycles. The third-order valence-corrected chi connectivity index (χ3v) is 8.59. The summed E-state index contributed by atoms with van der Waals surface area (Å²) in [6, 6.07) is 4.67. The van der Waals surface area contributed by atoms with Crippen molar-refractivity contribution < 1.29 is 5.11 Å². The third-order valence-electron chi connectivity index (χ3n) is 8.59. The Morgan fingerprint density at radius 2 is 1.03 bits per heavy atom. The van der Waals surface area contributed by atoms with Crippen molar-refractivity contribution in [3.63, 3.8) is 0 Å². The molecule has 1 heteroatoms. The van der Waals surface area contributed by atoms with Gasteiger partial charge in [-0.25, -0.2) is 0 Å². The maximum Gasteiger partial charge on any atom is 0.122 e. The van der Waals surface area contributed by atoms with Crippen molar-refractivity contribution in [2.24, 2.45) is 5.41 Å². The van der Waals surface area contributed by atoms with Crippen LogP contribution in [-0.4, -0.2) is 5.11 Å². The van der Waals surface area contributed by atoms with Crippen LogP contribution in [0.5, 0.6) is 5.75 Å². The number of aromatic hydroxyl groups is 1. The molecule has 1 rings (SSSR count). The Bertz CT molecular complexity index is 723. The van der Waals surface area contributed by atoms with E-state index in [1.807, 2.05) is 0 Å². The summed E-state index contributed by atoms with van der Waals surface area (Å²) < 4.78 is 0. The monoisotopic (exact) mass is 515 g/mol. The Morgan fingerprint density at radius 3 is 1.43 bits per heavy atom. The highest BCUT2D eigenvalue weighted by Gasteiger charge is 2.30. The zero-order valence-corrected chi connectivity index (χ0v) is 26.8. The van der Waals surface area contributed by atoms with E-state index in [-0.39, 0.29) is 10.8 Å². The zero-order chi connectivity index (χ0) is 27.9. The molecule has 0 radical (unpaired) electrons. The van der Waals surface area contributed by atoms with E-state index in [0.29, 0.717) is 17.6 Å². The minimum atomic E-state index is 0.0949. The van der Waals surface area contributed by atoms with Crippen LogP contribution >= 0.6 is 0 Å². The van der Waals surface area contributed by atoms with Gasteiger partial charge in [0.1, 0.15) is 5.75 Å². The molecule has 216 valence electrons. The summed E-state index contributed by atoms with van der Waals surface area (Å²) in [6.45, 7) is 20.9. The molecule has 0 aromatic heterocycles. The van der Waals surface area contributed by atoms with Gasteiger partial charge in [-0.15, -0.1) is 0 Å². The summed E-state index contributed by atoms with van der Waals surface area (Å²) in [5.74, 6) is 1.37. The predicted molar refractivity (Wildman–Crippen MR) is 167 cm³/mol. The lowest BCUT2D eigenvalue weighted by molar-refractivity contribution is 0.283. The number of unbranched alkanes of at least 4 members (excludes halogenated alkanes) is 13. The Kier molecular flexibility index (Phi) is 16.2. The van der Waals surface area contributed by atoms with E-state index in [4.69, 9.17) is 0 Å². The number of hydrogen-bond donors (Lipinski definition) is 1. The van der Waals surface area contributed by atoms with Crippen LogP contribution in [0.25, 0.3) is 0 Å². The smallest absolute Gasteiger partial charge is 0.122 e. The molecule has 1 aromatic carbocycles. The molecule has 37 heavy (non-hydrogen) atoms. The maximum atomic E-state index is 11.3. The molecule has 0 saturated carbocycles. The zero-order valence-electron chi connectivity index (χ0n) is 26.8. The second-order valence-electron chi connectivity index (χ2n) is 14.2. The molecule has 0 aliphatic carbocycles. The molecule has 0 fully saturated rings. The van der Waals surface area contributed by atoms with Crippen LogP contribution in [0.15, 0.2) is 12.1 Å². The van der Waals surface area contributed by atoms with E-state index in [1.54, 1.807) is 0 Å². The van der Waals surface area contributed by atoms with Crippen LogP contribution < -0.4 is 0 Å². The molecule has 2 unspecified atom stereocenters. The highest BCUT2D eigenvalue weighted by Crippen LogP contribution is 2.43. The van der Waals surface area contributed by atoms with Gasteiger partial charge in [0.15, 0.2) is 0 Å². The van der Waals surface area contributed by atoms with Gasteiger partial charge < -0.3 is 5.11 Å². The fraction of sp³-hybridized carbons (Fsp3) is 0.833. The molecule has 0 spiro atoms. The summed E-state index contributed by atoms with van der Waals surface area (Å²) >= 11 is 0. The van der Waals surface area contributed by atoms with Crippen molar-refractivity contribution in [3.8, 4) is 5.75 Å². The fourth-order valence-corrected chi connectivity index (χ4v) is 6.27. The summed E-state index contributed by atoms with van der Waals surface area (Å²) in [7, 11) is 0. The first-order valence-electron chi connectivity index (χ1n) is 16.3. The Balaban J connectivity index is 2.53. The second kappa shape index (κ2) is 17.6. The molecule has 0 bridgehead atoms. The predicted octanol–water partition coefficient (Wildman–Crippen LogP) is 12.6. The second-order valence-corrected chi connectivity index (χ2v) is 14.2. The van der Waals surface area contributed by atoms with Gasteiger partial charge in [0.05, 0.1) is 0 Å². The van der Waals surface area contributed by atoms with Gasteiger partial charge in [-0.1, -0.05) is 164 Å². The SMILES string of the molecule is CCCCCCCCCCCCCCCCC(C)c1cc(C(C)(C)CC(C)(C)C)cc(C(C)CC)c1O. The minimum Gasteiger partial charge on any atom is -0.507 e. The molecule has 0 saturated heterocycles. The Labute approximate surface area is 233 Å². The number of phenolic OH excluding ortho intramolecular Hbond substituents is 1. The summed E-state index contributed by atoms with van der Waals surface area (Å²) in [4.78, 5) is 0. The first-order valence-corrected chi connectivity index (χ1v) is 16.3. The quantitative estimate of drug-likeness (QED) is 0.171. The molecule has 1 nitrogen and oxygen atoms in total. The average molecular weight is 515 g/mol. The lowest BCUT2D eigenvalue weighted by Gasteiger charge is -2.34. The van der Waals surface area contributed by atoms with Crippen LogP contribution in [0.4, 0.5) is 0 Å². The van der Waals surface area contributed by atoms with Gasteiger partial charge in [0, 0.05) is 0 Å². The van der Waals surface area contributed by atoms with Gasteiger partial charge >= 0.3 is 0 Å². The van der Waals surface area contributed by atoms with E-state index in [2.05, 4.69) is 74.4 Å². The van der Waals surface area contributed by atoms with E-state index >= 15 is 0 Å². The number of rotatable bonds is 20. The normalized spacial score (nSPS) is 14.2. The van der Waals surface area contributed by atoms with Crippen molar-refractivity contribution in [2.75, 3.05) is 0 Å². The minimum absolute atomic E-state index is 0.0949. The highest BCUT2D eigenvalue weighted by atomic mass is 16.3. The largest absolute Gasteiger partial charge is 0.507 e. The third kappa shape index (κ3) is 13.6. The molecular weight excluding hydrogens is 448 g/mol. The van der Waals surface area contributed by atoms with Gasteiger partial charge in [0.2, 0.25) is 0 Å². The summed E-state index contributed by atoms with van der Waals surface area (Å²) in [5.41, 5.74) is 4.11. The lowest BCUT2D eigenvalue weighted by atomic mass is 9.71. The number of benzene rings is 1. The molecular formula is C36H66O. The van der Waals surface area contributed by atoms with Crippen molar-refractivity contribution in [1.29, 1.82) is 0 Å². The summed E-state index contributed by atoms with van der Waals surface area (Å²) in [6.07, 6.45) is 23.0. The van der Waals surface area contributed by atoms with Crippen molar-refractivity contribution in [3.05, 3.63) is 28.8 Å². The Morgan fingerprint density at radius 1 is 0.622 bits per heavy atom. The van der Waals surface area contributed by atoms with Crippen LogP contribution in [0, 0.1) is 5.41 Å². The van der Waals surface area contributed by atoms with E-state index in [0.717, 1.165) is 18.4 Å². The van der Waals surface area contributed by atoms with Crippen LogP contribution in [0.2, 0.25) is 0 Å². The molecule has 0 amide bonds. The van der Waals surface area contributed by atoms with E-state index in [9.17, 15) is 5.11 Å². The molecule has 0 aliphatic rings. The van der Waals surface area contributed by atoms with Crippen molar-refractivity contribution in [1.82, 2.24) is 0 Å². The van der Waals surface area contributed by atoms with Gasteiger partial charge in [-0.3, -0.25) is 0 Å². The molecule has 1 N–H and O–H groups in total. The fourth-order valence-electron chi connectivity index (χ4n) is 6.27. The average Bonchev–Trinajstić information content (AvgIpc) is 2.82. The first kappa shape index (κ1) is 34.0. The summed E-state index contributed by atoms with van der Waals surface area (Å²) in [5, 5.41) is 11.3. The van der Waals surface area contributed by atoms with Crippen LogP contribution in [-0.2, 0) is 5.41 Å². The molecule has 2 atom stereocenters. The number of phenols is 1. The lowest BCUT2D eigenvalue weighted by Crippen LogP contribution is -2.25. The molecule has 1 aromatic rings. The van der Waals surface area contributed by atoms with Crippen LogP contribution in [0.3, 0.4) is 0 Å². The highest BCUT2D eigenvalue weighted by molar-refractivity contribution is 5.49. The van der Waals surface area contributed by atoms with E-state index < -0.39 is 0 Å². The van der Waals surface area contributed by atoms with Crippen molar-refractivity contribution in [2.45, 2.75) is 189 Å². The van der Waals surface area contributed by atoms with E-state index in [1.165, 1.54) is 107 Å². The van der Waals surface area contributed by atoms with Crippen LogP contribution in [0.1, 0.15) is 200 Å². The number of hydrogen-bond acceptors (Lipinski definition) is 1. The molecule has 0 aliphatic heterocycles. The van der Waals surface area contributed by atoms with Crippen molar-refractivity contribution >= 4 is 0 Å². The topological polar surface area (TPSA) is 20.2 Å². The maximum absolute atomic E-state index is 11.3. The van der Waals surface area contributed by atoms with Gasteiger partial charge in [-0.05, 0) is 58.6 Å². The first-order chi connectivity index (χ1) is 17.4. The Hall–Kier alpha value is -0.980. The standard InChI is InChI=1S/C36H66O/c1-10-12-13-14-15-16-17-18-19-20-21-22-23-24-25-30(4)33-27-31(36(8,9)28-35(5,6)7)26-32(34(33)37)29(3)11-2/h26-27,29-30,37H,10-25,28H2,1-9H3. The van der Waals surface area contributed by atoms with Gasteiger partial charge in [-0.2, -0.15) is 0 Å². The van der Waals surface area contributed by atoms with Gasteiger partial charge in [0.25, 0.3) is 0 Å².